The lowest BCUT2D eigenvalue weighted by atomic mass is 10.1. The molecule has 2 amide bonds. The molecule has 270 valence electrons. The second kappa shape index (κ2) is 17.5. The summed E-state index contributed by atoms with van der Waals surface area (Å²) in [7, 11) is 0. The van der Waals surface area contributed by atoms with E-state index >= 15 is 0 Å². The highest BCUT2D eigenvalue weighted by molar-refractivity contribution is 5.88. The Bertz CT molecular complexity index is 1790. The number of carbonyl (C=O) groups excluding carboxylic acids is 4. The fourth-order valence-corrected chi connectivity index (χ4v) is 4.11. The zero-order chi connectivity index (χ0) is 37.7. The molecule has 0 spiro atoms. The fraction of sp³-hybridized carbons (Fsp3) is 0.263. The van der Waals surface area contributed by atoms with Crippen molar-refractivity contribution in [2.75, 3.05) is 10.6 Å². The molecule has 14 nitrogen and oxygen atoms in total. The van der Waals surface area contributed by atoms with Gasteiger partial charge in [-0.25, -0.2) is 29.1 Å². The number of nitrogens with one attached hydrogen (secondary N) is 2. The number of ether oxygens (including phenoxy) is 4. The predicted molar refractivity (Wildman–Crippen MR) is 193 cm³/mol. The SMILES string of the molecule is CC(C)(C)OC(=O)Nc1ccc(/C=C/C(=O)OCc2ccnc(-c3cc(COC(=O)/C=C/c4ccc(NC(=O)OC(C)(C)C)nc4)ccn3)c2)cn1. The number of carbonyl (C=O) groups is 4. The van der Waals surface area contributed by atoms with Gasteiger partial charge in [0.25, 0.3) is 0 Å². The van der Waals surface area contributed by atoms with Gasteiger partial charge in [0.2, 0.25) is 0 Å². The summed E-state index contributed by atoms with van der Waals surface area (Å²) in [5, 5.41) is 5.09. The van der Waals surface area contributed by atoms with Gasteiger partial charge in [-0.05, 0) is 124 Å². The van der Waals surface area contributed by atoms with E-state index in [4.69, 9.17) is 18.9 Å². The number of rotatable bonds is 11. The monoisotopic (exact) mass is 708 g/mol. The molecule has 0 bridgehead atoms. The fourth-order valence-electron chi connectivity index (χ4n) is 4.11. The quantitative estimate of drug-likeness (QED) is 0.0914. The van der Waals surface area contributed by atoms with E-state index in [2.05, 4.69) is 30.6 Å². The Labute approximate surface area is 301 Å². The van der Waals surface area contributed by atoms with E-state index < -0.39 is 35.3 Å². The van der Waals surface area contributed by atoms with Crippen LogP contribution in [0.2, 0.25) is 0 Å². The van der Waals surface area contributed by atoms with Crippen molar-refractivity contribution in [1.82, 2.24) is 19.9 Å². The molecule has 4 aromatic rings. The Morgan fingerprint density at radius 2 is 1.00 bits per heavy atom. The molecule has 4 aromatic heterocycles. The van der Waals surface area contributed by atoms with Crippen molar-refractivity contribution < 1.29 is 38.1 Å². The van der Waals surface area contributed by atoms with Crippen LogP contribution >= 0.6 is 0 Å². The standard InChI is InChI=1S/C38H40N6O8/c1-37(2,3)51-35(47)43-31-11-7-25(21-41-31)9-13-33(45)49-23-27-15-17-39-29(19-27)30-20-28(16-18-40-30)24-50-34(46)14-10-26-8-12-32(42-22-26)44-36(48)52-38(4,5)6/h7-22H,23-24H2,1-6H3,(H,41,43,47)(H,42,44,48)/b13-9+,14-10+. The van der Waals surface area contributed by atoms with Crippen molar-refractivity contribution in [1.29, 1.82) is 0 Å². The number of nitrogens with zero attached hydrogens (tertiary/aromatic N) is 4. The molecule has 0 aliphatic heterocycles. The largest absolute Gasteiger partial charge is 0.458 e. The van der Waals surface area contributed by atoms with Crippen LogP contribution in [0, 0.1) is 0 Å². The van der Waals surface area contributed by atoms with Crippen molar-refractivity contribution in [2.24, 2.45) is 0 Å². The highest BCUT2D eigenvalue weighted by atomic mass is 16.6. The first-order valence-electron chi connectivity index (χ1n) is 16.1. The van der Waals surface area contributed by atoms with E-state index in [1.807, 2.05) is 0 Å². The van der Waals surface area contributed by atoms with Gasteiger partial charge in [0, 0.05) is 36.9 Å². The van der Waals surface area contributed by atoms with E-state index in [1.165, 1.54) is 24.5 Å². The van der Waals surface area contributed by atoms with Crippen LogP contribution in [0.5, 0.6) is 0 Å². The summed E-state index contributed by atoms with van der Waals surface area (Å²) in [6.07, 6.45) is 10.6. The van der Waals surface area contributed by atoms with Gasteiger partial charge in [-0.1, -0.05) is 0 Å². The van der Waals surface area contributed by atoms with Gasteiger partial charge in [0.15, 0.2) is 0 Å². The first kappa shape index (κ1) is 38.4. The average molecular weight is 709 g/mol. The van der Waals surface area contributed by atoms with Crippen molar-refractivity contribution in [3.63, 3.8) is 0 Å². The van der Waals surface area contributed by atoms with Crippen LogP contribution in [0.1, 0.15) is 63.8 Å². The summed E-state index contributed by atoms with van der Waals surface area (Å²) < 4.78 is 21.2. The van der Waals surface area contributed by atoms with E-state index in [0.29, 0.717) is 45.3 Å². The van der Waals surface area contributed by atoms with Crippen LogP contribution in [0.3, 0.4) is 0 Å². The maximum atomic E-state index is 12.4. The summed E-state index contributed by atoms with van der Waals surface area (Å²) in [5.74, 6) is -0.502. The molecule has 4 rings (SSSR count). The molecule has 0 aliphatic carbocycles. The number of amides is 2. The third-order valence-electron chi connectivity index (χ3n) is 6.33. The Kier molecular flexibility index (Phi) is 12.9. The van der Waals surface area contributed by atoms with Gasteiger partial charge in [0.05, 0.1) is 11.4 Å². The van der Waals surface area contributed by atoms with Gasteiger partial charge >= 0.3 is 24.1 Å². The third-order valence-corrected chi connectivity index (χ3v) is 6.33. The molecule has 0 radical (unpaired) electrons. The van der Waals surface area contributed by atoms with E-state index in [0.717, 1.165) is 0 Å². The average Bonchev–Trinajstić information content (AvgIpc) is 3.08. The molecule has 0 aromatic carbocycles. The normalized spacial score (nSPS) is 11.6. The first-order valence-corrected chi connectivity index (χ1v) is 16.1. The molecule has 0 atom stereocenters. The van der Waals surface area contributed by atoms with Gasteiger partial charge in [0.1, 0.15) is 36.1 Å². The minimum atomic E-state index is -0.632. The molecule has 4 heterocycles. The Morgan fingerprint density at radius 3 is 1.35 bits per heavy atom. The van der Waals surface area contributed by atoms with Gasteiger partial charge < -0.3 is 18.9 Å². The highest BCUT2D eigenvalue weighted by Gasteiger charge is 2.17. The van der Waals surface area contributed by atoms with Crippen molar-refractivity contribution in [3.05, 3.63) is 108 Å². The lowest BCUT2D eigenvalue weighted by Gasteiger charge is -2.19. The summed E-state index contributed by atoms with van der Waals surface area (Å²) in [6, 6.07) is 13.5. The number of anilines is 2. The second-order valence-corrected chi connectivity index (χ2v) is 13.2. The Morgan fingerprint density at radius 1 is 0.596 bits per heavy atom. The molecular formula is C38H40N6O8. The van der Waals surface area contributed by atoms with E-state index in [1.54, 1.807) is 115 Å². The smallest absolute Gasteiger partial charge is 0.413 e. The van der Waals surface area contributed by atoms with Crippen LogP contribution in [0.4, 0.5) is 21.2 Å². The van der Waals surface area contributed by atoms with Crippen molar-refractivity contribution in [3.8, 4) is 11.4 Å². The zero-order valence-corrected chi connectivity index (χ0v) is 29.7. The van der Waals surface area contributed by atoms with Crippen molar-refractivity contribution >= 4 is 47.9 Å². The molecule has 0 aliphatic rings. The minimum absolute atomic E-state index is 0.00215. The maximum Gasteiger partial charge on any atom is 0.413 e. The molecule has 2 N–H and O–H groups in total. The van der Waals surface area contributed by atoms with Gasteiger partial charge in [-0.2, -0.15) is 0 Å². The molecule has 52 heavy (non-hydrogen) atoms. The summed E-state index contributed by atoms with van der Waals surface area (Å²) >= 11 is 0. The minimum Gasteiger partial charge on any atom is -0.458 e. The lowest BCUT2D eigenvalue weighted by molar-refractivity contribution is -0.139. The second-order valence-electron chi connectivity index (χ2n) is 13.2. The summed E-state index contributed by atoms with van der Waals surface area (Å²) in [4.78, 5) is 65.6. The van der Waals surface area contributed by atoms with Crippen LogP contribution in [-0.4, -0.2) is 55.3 Å². The predicted octanol–water partition coefficient (Wildman–Crippen LogP) is 7.14. The van der Waals surface area contributed by atoms with Crippen LogP contribution in [0.15, 0.2) is 85.5 Å². The van der Waals surface area contributed by atoms with Gasteiger partial charge in [-0.3, -0.25) is 20.6 Å². The van der Waals surface area contributed by atoms with Crippen molar-refractivity contribution in [2.45, 2.75) is 66.0 Å². The van der Waals surface area contributed by atoms with E-state index in [9.17, 15) is 19.2 Å². The Hall–Kier alpha value is -6.44. The molecule has 0 saturated heterocycles. The van der Waals surface area contributed by atoms with Crippen LogP contribution in [-0.2, 0) is 41.8 Å². The number of pyridine rings is 4. The number of esters is 2. The first-order chi connectivity index (χ1) is 24.6. The van der Waals surface area contributed by atoms with Gasteiger partial charge in [-0.15, -0.1) is 0 Å². The molecular weight excluding hydrogens is 668 g/mol. The maximum absolute atomic E-state index is 12.4. The lowest BCUT2D eigenvalue weighted by Crippen LogP contribution is -2.27. The summed E-state index contributed by atoms with van der Waals surface area (Å²) in [5.41, 5.74) is 2.46. The van der Waals surface area contributed by atoms with E-state index in [-0.39, 0.29) is 13.2 Å². The zero-order valence-electron chi connectivity index (χ0n) is 29.7. The molecule has 0 unspecified atom stereocenters. The van der Waals surface area contributed by atoms with Crippen LogP contribution in [0.25, 0.3) is 23.5 Å². The summed E-state index contributed by atoms with van der Waals surface area (Å²) in [6.45, 7) is 10.6. The van der Waals surface area contributed by atoms with Crippen LogP contribution < -0.4 is 10.6 Å². The molecule has 0 saturated carbocycles. The number of aromatic nitrogens is 4. The third kappa shape index (κ3) is 13.8. The highest BCUT2D eigenvalue weighted by Crippen LogP contribution is 2.19. The topological polar surface area (TPSA) is 181 Å². The Balaban J connectivity index is 1.24. The number of hydrogen-bond acceptors (Lipinski definition) is 12. The molecule has 14 heteroatoms. The molecule has 0 fully saturated rings. The number of hydrogen-bond donors (Lipinski definition) is 2.